The highest BCUT2D eigenvalue weighted by Crippen LogP contribution is 2.30. The monoisotopic (exact) mass is 612 g/mol. The van der Waals surface area contributed by atoms with Crippen molar-refractivity contribution < 1.29 is 0 Å². The van der Waals surface area contributed by atoms with Gasteiger partial charge >= 0.3 is 0 Å². The molecule has 0 fully saturated rings. The number of hydrogen-bond donors (Lipinski definition) is 0. The fourth-order valence-electron chi connectivity index (χ4n) is 5.96. The van der Waals surface area contributed by atoms with Crippen LogP contribution in [0.15, 0.2) is 121 Å². The average molecular weight is 613 g/mol. The molecule has 0 atom stereocenters. The van der Waals surface area contributed by atoms with E-state index in [1.807, 2.05) is 0 Å². The van der Waals surface area contributed by atoms with Crippen LogP contribution in [-0.4, -0.2) is 26.2 Å². The Bertz CT molecular complexity index is 1330. The molecule has 4 aromatic carbocycles. The summed E-state index contributed by atoms with van der Waals surface area (Å²) < 4.78 is 0. The molecular formula is C44H56N2. The Balaban J connectivity index is 1.77. The number of anilines is 2. The summed E-state index contributed by atoms with van der Waals surface area (Å²) in [4.78, 5) is 5.14. The molecule has 0 aliphatic heterocycles. The second-order valence-electron chi connectivity index (χ2n) is 12.4. The molecule has 4 aromatic rings. The van der Waals surface area contributed by atoms with Gasteiger partial charge < -0.3 is 9.80 Å². The minimum absolute atomic E-state index is 1.12. The number of allylic oxidation sites excluding steroid dienone is 2. The molecule has 0 heterocycles. The molecule has 2 nitrogen and oxygen atoms in total. The lowest BCUT2D eigenvalue weighted by molar-refractivity contribution is 0.678. The van der Waals surface area contributed by atoms with E-state index < -0.39 is 0 Å². The van der Waals surface area contributed by atoms with E-state index in [9.17, 15) is 0 Å². The van der Waals surface area contributed by atoms with Gasteiger partial charge in [-0.15, -0.1) is 0 Å². The largest absolute Gasteiger partial charge is 0.372 e. The number of rotatable bonds is 19. The van der Waals surface area contributed by atoms with Crippen LogP contribution in [0.2, 0.25) is 0 Å². The molecule has 0 radical (unpaired) electrons. The summed E-state index contributed by atoms with van der Waals surface area (Å²) in [5.74, 6) is 0. The van der Waals surface area contributed by atoms with Gasteiger partial charge in [-0.25, -0.2) is 0 Å². The minimum atomic E-state index is 1.12. The van der Waals surface area contributed by atoms with E-state index in [0.717, 1.165) is 26.2 Å². The molecular weight excluding hydrogens is 556 g/mol. The summed E-state index contributed by atoms with van der Waals surface area (Å²) in [6, 6.07) is 40.1. The molecule has 2 heteroatoms. The van der Waals surface area contributed by atoms with Crippen LogP contribution in [-0.2, 0) is 0 Å². The van der Waals surface area contributed by atoms with Crippen molar-refractivity contribution in [1.82, 2.24) is 0 Å². The van der Waals surface area contributed by atoms with Gasteiger partial charge in [0.15, 0.2) is 0 Å². The zero-order valence-electron chi connectivity index (χ0n) is 28.9. The van der Waals surface area contributed by atoms with Crippen molar-refractivity contribution in [3.05, 3.63) is 144 Å². The Morgan fingerprint density at radius 3 is 0.957 bits per heavy atom. The van der Waals surface area contributed by atoms with Crippen LogP contribution in [0.3, 0.4) is 0 Å². The highest BCUT2D eigenvalue weighted by atomic mass is 15.1. The van der Waals surface area contributed by atoms with Crippen molar-refractivity contribution in [2.24, 2.45) is 0 Å². The molecule has 0 bridgehead atoms. The predicted molar refractivity (Wildman–Crippen MR) is 204 cm³/mol. The summed E-state index contributed by atoms with van der Waals surface area (Å²) in [6.07, 6.45) is 14.4. The summed E-state index contributed by atoms with van der Waals surface area (Å²) >= 11 is 0. The first-order valence-corrected chi connectivity index (χ1v) is 17.9. The number of benzene rings is 4. The van der Waals surface area contributed by atoms with Crippen molar-refractivity contribution in [3.8, 4) is 0 Å². The van der Waals surface area contributed by atoms with Gasteiger partial charge in [0.2, 0.25) is 0 Å². The fraction of sp³-hybridized carbons (Fsp3) is 0.364. The van der Waals surface area contributed by atoms with E-state index in [4.69, 9.17) is 0 Å². The minimum Gasteiger partial charge on any atom is -0.372 e. The van der Waals surface area contributed by atoms with Crippen molar-refractivity contribution in [2.45, 2.75) is 79.1 Å². The quantitative estimate of drug-likeness (QED) is 0.0972. The van der Waals surface area contributed by atoms with Crippen LogP contribution in [0.25, 0.3) is 11.1 Å². The van der Waals surface area contributed by atoms with Crippen molar-refractivity contribution >= 4 is 22.5 Å². The van der Waals surface area contributed by atoms with Crippen LogP contribution >= 0.6 is 0 Å². The zero-order chi connectivity index (χ0) is 32.4. The molecule has 0 unspecified atom stereocenters. The lowest BCUT2D eigenvalue weighted by Crippen LogP contribution is -2.25. The molecule has 4 rings (SSSR count). The molecule has 0 saturated heterocycles. The smallest absolute Gasteiger partial charge is 0.0366 e. The third-order valence-corrected chi connectivity index (χ3v) is 8.80. The third-order valence-electron chi connectivity index (χ3n) is 8.80. The van der Waals surface area contributed by atoms with E-state index in [1.165, 1.54) is 96.1 Å². The van der Waals surface area contributed by atoms with Crippen molar-refractivity contribution in [2.75, 3.05) is 36.0 Å². The van der Waals surface area contributed by atoms with Crippen LogP contribution in [0, 0.1) is 0 Å². The summed E-state index contributed by atoms with van der Waals surface area (Å²) in [6.45, 7) is 13.6. The van der Waals surface area contributed by atoms with Crippen molar-refractivity contribution in [3.63, 3.8) is 0 Å². The summed E-state index contributed by atoms with van der Waals surface area (Å²) in [7, 11) is 0. The molecule has 242 valence electrons. The van der Waals surface area contributed by atoms with E-state index in [-0.39, 0.29) is 0 Å². The van der Waals surface area contributed by atoms with Crippen LogP contribution in [0.5, 0.6) is 0 Å². The Morgan fingerprint density at radius 2 is 0.674 bits per heavy atom. The molecule has 0 amide bonds. The molecule has 0 aliphatic carbocycles. The number of unbranched alkanes of at least 4 members (excludes halogenated alkanes) is 4. The first-order chi connectivity index (χ1) is 22.7. The third kappa shape index (κ3) is 10.2. The van der Waals surface area contributed by atoms with Crippen LogP contribution in [0.4, 0.5) is 11.4 Å². The van der Waals surface area contributed by atoms with Gasteiger partial charge in [0.25, 0.3) is 0 Å². The van der Waals surface area contributed by atoms with Gasteiger partial charge in [-0.3, -0.25) is 0 Å². The maximum atomic E-state index is 2.57. The molecule has 0 spiro atoms. The highest BCUT2D eigenvalue weighted by Gasteiger charge is 2.12. The van der Waals surface area contributed by atoms with Crippen LogP contribution in [0.1, 0.15) is 101 Å². The van der Waals surface area contributed by atoms with Gasteiger partial charge in [-0.1, -0.05) is 150 Å². The molecule has 0 N–H and O–H groups in total. The second kappa shape index (κ2) is 19.5. The lowest BCUT2D eigenvalue weighted by Gasteiger charge is -2.25. The van der Waals surface area contributed by atoms with Gasteiger partial charge in [0.1, 0.15) is 0 Å². The topological polar surface area (TPSA) is 6.48 Å². The Morgan fingerprint density at radius 1 is 0.391 bits per heavy atom. The number of nitrogens with zero attached hydrogens (tertiary/aromatic N) is 2. The van der Waals surface area contributed by atoms with Gasteiger partial charge in [0, 0.05) is 37.6 Å². The molecule has 46 heavy (non-hydrogen) atoms. The SMILES string of the molecule is CCCCN(CCCC)c1ccc(C(=CC=C(c2ccccc2)c2ccccc2)c2ccc(N(CCCC)CCCC)cc2)cc1. The Hall–Kier alpha value is -4.04. The van der Waals surface area contributed by atoms with E-state index in [0.29, 0.717) is 0 Å². The first-order valence-electron chi connectivity index (χ1n) is 17.9. The van der Waals surface area contributed by atoms with E-state index >= 15 is 0 Å². The molecule has 0 saturated carbocycles. The second-order valence-corrected chi connectivity index (χ2v) is 12.4. The van der Waals surface area contributed by atoms with Gasteiger partial charge in [0.05, 0.1) is 0 Å². The van der Waals surface area contributed by atoms with Gasteiger partial charge in [-0.05, 0) is 83.3 Å². The lowest BCUT2D eigenvalue weighted by atomic mass is 9.93. The summed E-state index contributed by atoms with van der Waals surface area (Å²) in [5, 5.41) is 0. The van der Waals surface area contributed by atoms with E-state index in [1.54, 1.807) is 0 Å². The fourth-order valence-corrected chi connectivity index (χ4v) is 5.96. The average Bonchev–Trinajstić information content (AvgIpc) is 3.11. The molecule has 0 aromatic heterocycles. The van der Waals surface area contributed by atoms with E-state index in [2.05, 4.69) is 159 Å². The maximum Gasteiger partial charge on any atom is 0.0366 e. The highest BCUT2D eigenvalue weighted by molar-refractivity contribution is 5.86. The standard InChI is InChI=1S/C44H56N2/c1-5-9-33-45(34-10-6-2)41-27-23-39(24-28-41)44(40-25-29-42(30-26-40)46(35-11-7-3)36-12-8-4)32-31-43(37-19-15-13-16-20-37)38-21-17-14-18-22-38/h13-32H,5-12,33-36H2,1-4H3. The zero-order valence-corrected chi connectivity index (χ0v) is 28.9. The number of hydrogen-bond acceptors (Lipinski definition) is 2. The Kier molecular flexibility index (Phi) is 14.7. The maximum absolute atomic E-state index is 2.57. The van der Waals surface area contributed by atoms with Crippen molar-refractivity contribution in [1.29, 1.82) is 0 Å². The normalized spacial score (nSPS) is 10.8. The van der Waals surface area contributed by atoms with Crippen LogP contribution < -0.4 is 9.80 Å². The summed E-state index contributed by atoms with van der Waals surface area (Å²) in [5.41, 5.74) is 10.0. The Labute approximate surface area is 280 Å². The first kappa shape index (κ1) is 34.8. The predicted octanol–water partition coefficient (Wildman–Crippen LogP) is 12.1. The van der Waals surface area contributed by atoms with Gasteiger partial charge in [-0.2, -0.15) is 0 Å². The molecule has 0 aliphatic rings.